The lowest BCUT2D eigenvalue weighted by atomic mass is 9.86. The largest absolute Gasteiger partial charge is 0.311 e. The molecule has 0 unspecified atom stereocenters. The molecular weight excluding hydrogens is 188 g/mol. The molecule has 0 aliphatic carbocycles. The number of pyridine rings is 1. The molecule has 82 valence electrons. The summed E-state index contributed by atoms with van der Waals surface area (Å²) in [5.74, 6) is 0.537. The minimum Gasteiger partial charge on any atom is -0.311 e. The van der Waals surface area contributed by atoms with Crippen molar-refractivity contribution in [1.82, 2.24) is 4.98 Å². The summed E-state index contributed by atoms with van der Waals surface area (Å²) in [5, 5.41) is 2.69. The molecule has 0 fully saturated rings. The predicted octanol–water partition coefficient (Wildman–Crippen LogP) is 2.73. The number of hydrogen-bond acceptors (Lipinski definition) is 2. The lowest BCUT2D eigenvalue weighted by molar-refractivity contribution is -0.114. The van der Waals surface area contributed by atoms with Crippen molar-refractivity contribution >= 4 is 11.7 Å². The molecule has 0 saturated carbocycles. The van der Waals surface area contributed by atoms with E-state index in [0.717, 1.165) is 12.1 Å². The summed E-state index contributed by atoms with van der Waals surface area (Å²) in [6, 6.07) is 5.72. The van der Waals surface area contributed by atoms with Crippen molar-refractivity contribution in [3.8, 4) is 0 Å². The van der Waals surface area contributed by atoms with Crippen LogP contribution in [0.3, 0.4) is 0 Å². The van der Waals surface area contributed by atoms with E-state index >= 15 is 0 Å². The van der Waals surface area contributed by atoms with Gasteiger partial charge in [-0.1, -0.05) is 26.8 Å². The van der Waals surface area contributed by atoms with Gasteiger partial charge in [0.2, 0.25) is 5.91 Å². The van der Waals surface area contributed by atoms with Gasteiger partial charge in [0.1, 0.15) is 5.82 Å². The van der Waals surface area contributed by atoms with Gasteiger partial charge >= 0.3 is 0 Å². The Hall–Kier alpha value is -1.38. The summed E-state index contributed by atoms with van der Waals surface area (Å²) in [6.07, 6.45) is 1.02. The van der Waals surface area contributed by atoms with Gasteiger partial charge in [0.05, 0.1) is 0 Å². The highest BCUT2D eigenvalue weighted by atomic mass is 16.1. The molecule has 0 aliphatic heterocycles. The Morgan fingerprint density at radius 1 is 1.47 bits per heavy atom. The molecule has 0 bridgehead atoms. The van der Waals surface area contributed by atoms with E-state index < -0.39 is 0 Å². The molecular formula is C12H18N2O. The van der Waals surface area contributed by atoms with Crippen LogP contribution in [0, 0.1) is 0 Å². The Balaban J connectivity index is 2.97. The molecule has 1 aromatic rings. The minimum absolute atomic E-state index is 0.0501. The third kappa shape index (κ3) is 3.05. The zero-order valence-electron chi connectivity index (χ0n) is 9.79. The molecule has 0 saturated heterocycles. The van der Waals surface area contributed by atoms with Crippen LogP contribution >= 0.6 is 0 Å². The molecule has 0 spiro atoms. The van der Waals surface area contributed by atoms with E-state index in [-0.39, 0.29) is 11.3 Å². The van der Waals surface area contributed by atoms with Gasteiger partial charge in [-0.15, -0.1) is 0 Å². The molecule has 0 atom stereocenters. The number of amides is 1. The van der Waals surface area contributed by atoms with Crippen LogP contribution in [0.5, 0.6) is 0 Å². The summed E-state index contributed by atoms with van der Waals surface area (Å²) in [7, 11) is 0. The molecule has 15 heavy (non-hydrogen) atoms. The van der Waals surface area contributed by atoms with Gasteiger partial charge in [0.25, 0.3) is 0 Å². The first-order valence-electron chi connectivity index (χ1n) is 5.21. The van der Waals surface area contributed by atoms with Crippen molar-refractivity contribution in [1.29, 1.82) is 0 Å². The van der Waals surface area contributed by atoms with E-state index in [2.05, 4.69) is 31.1 Å². The van der Waals surface area contributed by atoms with Crippen molar-refractivity contribution in [3.63, 3.8) is 0 Å². The molecule has 1 N–H and O–H groups in total. The van der Waals surface area contributed by atoms with Crippen LogP contribution in [-0.2, 0) is 10.2 Å². The number of anilines is 1. The molecule has 1 rings (SSSR count). The molecule has 0 radical (unpaired) electrons. The van der Waals surface area contributed by atoms with E-state index in [0.29, 0.717) is 5.82 Å². The Labute approximate surface area is 90.9 Å². The van der Waals surface area contributed by atoms with Crippen molar-refractivity contribution in [2.45, 2.75) is 39.5 Å². The maximum absolute atomic E-state index is 10.9. The second-order valence-corrected chi connectivity index (χ2v) is 4.33. The van der Waals surface area contributed by atoms with Gasteiger partial charge in [-0.3, -0.25) is 4.79 Å². The molecule has 3 nitrogen and oxygen atoms in total. The second kappa shape index (κ2) is 4.43. The van der Waals surface area contributed by atoms with Crippen molar-refractivity contribution in [2.24, 2.45) is 0 Å². The predicted molar refractivity (Wildman–Crippen MR) is 61.9 cm³/mol. The van der Waals surface area contributed by atoms with Crippen molar-refractivity contribution < 1.29 is 4.79 Å². The number of nitrogens with zero attached hydrogens (tertiary/aromatic N) is 1. The molecule has 1 aromatic heterocycles. The van der Waals surface area contributed by atoms with Crippen LogP contribution < -0.4 is 5.32 Å². The highest BCUT2D eigenvalue weighted by Crippen LogP contribution is 2.25. The number of hydrogen-bond donors (Lipinski definition) is 1. The summed E-state index contributed by atoms with van der Waals surface area (Å²) in [5.41, 5.74) is 1.06. The fourth-order valence-corrected chi connectivity index (χ4v) is 1.24. The lowest BCUT2D eigenvalue weighted by Crippen LogP contribution is -2.18. The zero-order valence-corrected chi connectivity index (χ0v) is 9.79. The smallest absolute Gasteiger partial charge is 0.222 e. The summed E-state index contributed by atoms with van der Waals surface area (Å²) in [4.78, 5) is 15.3. The van der Waals surface area contributed by atoms with Gasteiger partial charge in [0, 0.05) is 18.0 Å². The monoisotopic (exact) mass is 206 g/mol. The van der Waals surface area contributed by atoms with E-state index in [1.54, 1.807) is 6.07 Å². The standard InChI is InChI=1S/C12H18N2O/c1-5-12(3,4)10-7-6-8-11(14-10)13-9(2)15/h6-8H,5H2,1-4H3,(H,13,14,15). The maximum atomic E-state index is 10.9. The van der Waals surface area contributed by atoms with Crippen LogP contribution in [0.1, 0.15) is 39.8 Å². The Bertz CT molecular complexity index is 358. The normalized spacial score (nSPS) is 11.2. The van der Waals surface area contributed by atoms with Gasteiger partial charge in [0.15, 0.2) is 0 Å². The maximum Gasteiger partial charge on any atom is 0.222 e. The average molecular weight is 206 g/mol. The number of carbonyl (C=O) groups excluding carboxylic acids is 1. The number of rotatable bonds is 3. The van der Waals surface area contributed by atoms with Crippen LogP contribution in [0.25, 0.3) is 0 Å². The van der Waals surface area contributed by atoms with E-state index in [1.807, 2.05) is 12.1 Å². The first-order valence-corrected chi connectivity index (χ1v) is 5.21. The Morgan fingerprint density at radius 2 is 2.13 bits per heavy atom. The minimum atomic E-state index is -0.0889. The molecule has 3 heteroatoms. The fourth-order valence-electron chi connectivity index (χ4n) is 1.24. The third-order valence-corrected chi connectivity index (χ3v) is 2.63. The molecule has 1 heterocycles. The molecule has 1 amide bonds. The first-order chi connectivity index (χ1) is 6.95. The van der Waals surface area contributed by atoms with E-state index in [9.17, 15) is 4.79 Å². The van der Waals surface area contributed by atoms with Gasteiger partial charge in [-0.2, -0.15) is 0 Å². The number of carbonyl (C=O) groups is 1. The summed E-state index contributed by atoms with van der Waals surface area (Å²) in [6.45, 7) is 7.91. The SMILES string of the molecule is CCC(C)(C)c1cccc(NC(C)=O)n1. The quantitative estimate of drug-likeness (QED) is 0.826. The Morgan fingerprint density at radius 3 is 2.67 bits per heavy atom. The lowest BCUT2D eigenvalue weighted by Gasteiger charge is -2.22. The van der Waals surface area contributed by atoms with Crippen LogP contribution in [0.2, 0.25) is 0 Å². The van der Waals surface area contributed by atoms with Crippen LogP contribution in [0.15, 0.2) is 18.2 Å². The van der Waals surface area contributed by atoms with Gasteiger partial charge in [-0.25, -0.2) is 4.98 Å². The zero-order chi connectivity index (χ0) is 11.5. The van der Waals surface area contributed by atoms with Crippen LogP contribution in [-0.4, -0.2) is 10.9 Å². The van der Waals surface area contributed by atoms with Gasteiger partial charge < -0.3 is 5.32 Å². The summed E-state index contributed by atoms with van der Waals surface area (Å²) < 4.78 is 0. The summed E-state index contributed by atoms with van der Waals surface area (Å²) >= 11 is 0. The molecule has 0 aliphatic rings. The van der Waals surface area contributed by atoms with Gasteiger partial charge in [-0.05, 0) is 18.6 Å². The van der Waals surface area contributed by atoms with Crippen LogP contribution in [0.4, 0.5) is 5.82 Å². The van der Waals surface area contributed by atoms with Crippen molar-refractivity contribution in [2.75, 3.05) is 5.32 Å². The fraction of sp³-hybridized carbons (Fsp3) is 0.500. The first kappa shape index (κ1) is 11.7. The average Bonchev–Trinajstić information content (AvgIpc) is 2.17. The highest BCUT2D eigenvalue weighted by molar-refractivity contribution is 5.87. The van der Waals surface area contributed by atoms with E-state index in [4.69, 9.17) is 0 Å². The number of aromatic nitrogens is 1. The van der Waals surface area contributed by atoms with E-state index in [1.165, 1.54) is 6.92 Å². The third-order valence-electron chi connectivity index (χ3n) is 2.63. The second-order valence-electron chi connectivity index (χ2n) is 4.33. The topological polar surface area (TPSA) is 42.0 Å². The molecule has 0 aromatic carbocycles. The Kier molecular flexibility index (Phi) is 3.45. The highest BCUT2D eigenvalue weighted by Gasteiger charge is 2.19. The van der Waals surface area contributed by atoms with Crippen molar-refractivity contribution in [3.05, 3.63) is 23.9 Å². The number of nitrogens with one attached hydrogen (secondary N) is 1.